The Labute approximate surface area is 206 Å². The maximum Gasteiger partial charge on any atom is 0.335 e. The van der Waals surface area contributed by atoms with E-state index in [0.29, 0.717) is 11.1 Å². The summed E-state index contributed by atoms with van der Waals surface area (Å²) in [6.07, 6.45) is -2.59. The van der Waals surface area contributed by atoms with Crippen molar-refractivity contribution in [3.8, 4) is 0 Å². The number of amides is 2. The number of hydrogen-bond acceptors (Lipinski definition) is 6. The number of carbonyl (C=O) groups is 4. The van der Waals surface area contributed by atoms with Crippen molar-refractivity contribution in [2.75, 3.05) is 0 Å². The first kappa shape index (κ1) is 26.1. The Morgan fingerprint density at radius 1 is 0.611 bits per heavy atom. The van der Waals surface area contributed by atoms with Crippen LogP contribution in [0.2, 0.25) is 0 Å². The first-order valence-electron chi connectivity index (χ1n) is 10.9. The summed E-state index contributed by atoms with van der Waals surface area (Å²) >= 11 is 0. The van der Waals surface area contributed by atoms with Gasteiger partial charge in [0.25, 0.3) is 11.8 Å². The van der Waals surface area contributed by atoms with E-state index in [4.69, 9.17) is 9.68 Å². The predicted octanol–water partition coefficient (Wildman–Crippen LogP) is 2.40. The zero-order chi connectivity index (χ0) is 25.9. The molecule has 0 unspecified atom stereocenters. The van der Waals surface area contributed by atoms with Crippen LogP contribution < -0.4 is 11.0 Å². The lowest BCUT2D eigenvalue weighted by atomic mass is 10.1. The Hall–Kier alpha value is -4.54. The molecule has 3 rings (SSSR count). The minimum Gasteiger partial charge on any atom is -0.479 e. The molecule has 0 saturated heterocycles. The molecule has 0 bridgehead atoms. The van der Waals surface area contributed by atoms with Crippen LogP contribution in [0.4, 0.5) is 0 Å². The number of hydrogen-bond donors (Lipinski definition) is 4. The van der Waals surface area contributed by atoms with Crippen LogP contribution in [-0.2, 0) is 32.1 Å². The van der Waals surface area contributed by atoms with Gasteiger partial charge in [-0.3, -0.25) is 19.3 Å². The van der Waals surface area contributed by atoms with Crippen molar-refractivity contribution in [1.82, 2.24) is 11.0 Å². The summed E-state index contributed by atoms with van der Waals surface area (Å²) in [7, 11) is 0. The van der Waals surface area contributed by atoms with E-state index in [2.05, 4.69) is 11.0 Å². The Morgan fingerprint density at radius 3 is 1.36 bits per heavy atom. The molecular formula is C26H24N2O8. The van der Waals surface area contributed by atoms with Crippen LogP contribution in [0.1, 0.15) is 31.8 Å². The molecule has 3 aromatic rings. The number of aliphatic carboxylic acids is 2. The SMILES string of the molecule is O=C(NO[C@H](Cc1ccccc1)C(=O)O)c1cccc(C(=O)NO[C@H](Cc2ccccc2)C(=O)O)c1. The summed E-state index contributed by atoms with van der Waals surface area (Å²) in [5.74, 6) is -4.05. The highest BCUT2D eigenvalue weighted by atomic mass is 16.7. The molecule has 0 aliphatic carbocycles. The number of carboxylic acids is 2. The lowest BCUT2D eigenvalue weighted by Gasteiger charge is -2.15. The van der Waals surface area contributed by atoms with Crippen molar-refractivity contribution in [3.63, 3.8) is 0 Å². The van der Waals surface area contributed by atoms with Crippen molar-refractivity contribution in [2.24, 2.45) is 0 Å². The molecule has 36 heavy (non-hydrogen) atoms. The second kappa shape index (κ2) is 12.8. The van der Waals surface area contributed by atoms with Gasteiger partial charge in [-0.05, 0) is 29.3 Å². The van der Waals surface area contributed by atoms with Gasteiger partial charge in [0.1, 0.15) is 0 Å². The third-order valence-corrected chi connectivity index (χ3v) is 5.05. The second-order valence-corrected chi connectivity index (χ2v) is 7.71. The fraction of sp³-hybridized carbons (Fsp3) is 0.154. The number of nitrogens with one attached hydrogen (secondary N) is 2. The number of rotatable bonds is 12. The molecule has 10 heteroatoms. The number of carboxylic acid groups (broad SMARTS) is 2. The molecule has 0 spiro atoms. The fourth-order valence-electron chi connectivity index (χ4n) is 3.18. The first-order valence-corrected chi connectivity index (χ1v) is 10.9. The molecule has 0 heterocycles. The van der Waals surface area contributed by atoms with Crippen molar-refractivity contribution in [3.05, 3.63) is 107 Å². The Morgan fingerprint density at radius 2 is 1.00 bits per heavy atom. The summed E-state index contributed by atoms with van der Waals surface area (Å²) in [6, 6.07) is 23.0. The van der Waals surface area contributed by atoms with E-state index in [1.165, 1.54) is 24.3 Å². The molecule has 0 aromatic heterocycles. The Bertz CT molecular complexity index is 1110. The quantitative estimate of drug-likeness (QED) is 0.281. The van der Waals surface area contributed by atoms with Crippen LogP contribution in [0.15, 0.2) is 84.9 Å². The standard InChI is InChI=1S/C26H24N2O8/c29-23(27-35-21(25(31)32)14-17-8-3-1-4-9-17)19-12-7-13-20(16-19)24(30)28-36-22(26(33)34)15-18-10-5-2-6-11-18/h1-13,16,21-22H,14-15H2,(H,27,29)(H,28,30)(H,31,32)(H,33,34)/t21-,22-/m1/s1. The predicted molar refractivity (Wildman–Crippen MR) is 127 cm³/mol. The van der Waals surface area contributed by atoms with Gasteiger partial charge in [-0.2, -0.15) is 0 Å². The summed E-state index contributed by atoms with van der Waals surface area (Å²) in [6.45, 7) is 0. The highest BCUT2D eigenvalue weighted by Gasteiger charge is 2.23. The Kier molecular flexibility index (Phi) is 9.26. The number of carbonyl (C=O) groups excluding carboxylic acids is 2. The lowest BCUT2D eigenvalue weighted by Crippen LogP contribution is -2.36. The molecule has 0 saturated carbocycles. The molecule has 0 aliphatic heterocycles. The third kappa shape index (κ3) is 7.76. The molecule has 0 radical (unpaired) electrons. The van der Waals surface area contributed by atoms with E-state index < -0.39 is 36.0 Å². The normalized spacial score (nSPS) is 12.2. The van der Waals surface area contributed by atoms with Crippen LogP contribution in [0.3, 0.4) is 0 Å². The van der Waals surface area contributed by atoms with Gasteiger partial charge in [-0.1, -0.05) is 66.7 Å². The van der Waals surface area contributed by atoms with Gasteiger partial charge >= 0.3 is 11.9 Å². The molecule has 3 aromatic carbocycles. The van der Waals surface area contributed by atoms with E-state index in [0.717, 1.165) is 0 Å². The minimum atomic E-state index is -1.33. The summed E-state index contributed by atoms with van der Waals surface area (Å²) in [5, 5.41) is 18.8. The van der Waals surface area contributed by atoms with Gasteiger partial charge in [0.05, 0.1) is 0 Å². The van der Waals surface area contributed by atoms with E-state index in [9.17, 15) is 29.4 Å². The lowest BCUT2D eigenvalue weighted by molar-refractivity contribution is -0.154. The summed E-state index contributed by atoms with van der Waals surface area (Å²) < 4.78 is 0. The smallest absolute Gasteiger partial charge is 0.335 e. The Balaban J connectivity index is 1.58. The first-order chi connectivity index (χ1) is 17.3. The van der Waals surface area contributed by atoms with Crippen molar-refractivity contribution in [1.29, 1.82) is 0 Å². The monoisotopic (exact) mass is 492 g/mol. The highest BCUT2D eigenvalue weighted by Crippen LogP contribution is 2.10. The molecule has 0 fully saturated rings. The van der Waals surface area contributed by atoms with Crippen LogP contribution in [0.25, 0.3) is 0 Å². The maximum absolute atomic E-state index is 12.5. The molecule has 2 atom stereocenters. The van der Waals surface area contributed by atoms with Crippen LogP contribution in [-0.4, -0.2) is 46.2 Å². The van der Waals surface area contributed by atoms with Gasteiger partial charge < -0.3 is 10.2 Å². The summed E-state index contributed by atoms with van der Waals surface area (Å²) in [5.41, 5.74) is 5.66. The number of benzene rings is 3. The van der Waals surface area contributed by atoms with Gasteiger partial charge in [0.2, 0.25) is 0 Å². The van der Waals surface area contributed by atoms with Crippen LogP contribution in [0.5, 0.6) is 0 Å². The van der Waals surface area contributed by atoms with Gasteiger partial charge in [-0.25, -0.2) is 20.5 Å². The van der Waals surface area contributed by atoms with Crippen LogP contribution in [0, 0.1) is 0 Å². The molecular weight excluding hydrogens is 468 g/mol. The second-order valence-electron chi connectivity index (χ2n) is 7.71. The highest BCUT2D eigenvalue weighted by molar-refractivity contribution is 5.99. The maximum atomic E-state index is 12.5. The van der Waals surface area contributed by atoms with E-state index in [1.54, 1.807) is 60.7 Å². The van der Waals surface area contributed by atoms with E-state index in [-0.39, 0.29) is 24.0 Å². The van der Waals surface area contributed by atoms with Gasteiger partial charge in [0, 0.05) is 24.0 Å². The topological polar surface area (TPSA) is 151 Å². The summed E-state index contributed by atoms with van der Waals surface area (Å²) in [4.78, 5) is 58.2. The molecule has 2 amide bonds. The zero-order valence-corrected chi connectivity index (χ0v) is 19.0. The largest absolute Gasteiger partial charge is 0.479 e. The molecule has 4 N–H and O–H groups in total. The average molecular weight is 492 g/mol. The average Bonchev–Trinajstić information content (AvgIpc) is 2.89. The molecule has 0 aliphatic rings. The van der Waals surface area contributed by atoms with E-state index >= 15 is 0 Å². The molecule has 10 nitrogen and oxygen atoms in total. The number of hydroxylamine groups is 2. The zero-order valence-electron chi connectivity index (χ0n) is 19.0. The van der Waals surface area contributed by atoms with Gasteiger partial charge in [0.15, 0.2) is 12.2 Å². The van der Waals surface area contributed by atoms with Crippen molar-refractivity contribution < 1.29 is 39.1 Å². The van der Waals surface area contributed by atoms with Gasteiger partial charge in [-0.15, -0.1) is 0 Å². The fourth-order valence-corrected chi connectivity index (χ4v) is 3.18. The van der Waals surface area contributed by atoms with Crippen LogP contribution >= 0.6 is 0 Å². The van der Waals surface area contributed by atoms with Crippen molar-refractivity contribution >= 4 is 23.8 Å². The molecule has 186 valence electrons. The minimum absolute atomic E-state index is 0.0190. The van der Waals surface area contributed by atoms with E-state index in [1.807, 2.05) is 0 Å². The van der Waals surface area contributed by atoms with Crippen molar-refractivity contribution in [2.45, 2.75) is 25.0 Å². The third-order valence-electron chi connectivity index (χ3n) is 5.05.